The van der Waals surface area contributed by atoms with Crippen molar-refractivity contribution in [1.82, 2.24) is 0 Å². The van der Waals surface area contributed by atoms with E-state index in [4.69, 9.17) is 9.47 Å². The van der Waals surface area contributed by atoms with E-state index in [9.17, 15) is 15.0 Å². The first kappa shape index (κ1) is 18.8. The van der Waals surface area contributed by atoms with Gasteiger partial charge in [0.25, 0.3) is 0 Å². The third-order valence-corrected chi connectivity index (χ3v) is 6.29. The molecule has 148 valence electrons. The molecule has 0 radical (unpaired) electrons. The summed E-state index contributed by atoms with van der Waals surface area (Å²) in [4.78, 5) is 12.1. The zero-order valence-corrected chi connectivity index (χ0v) is 16.1. The Morgan fingerprint density at radius 2 is 1.75 bits per heavy atom. The van der Waals surface area contributed by atoms with Crippen LogP contribution in [0.3, 0.4) is 0 Å². The number of carbonyl (C=O) groups is 1. The molecule has 0 amide bonds. The summed E-state index contributed by atoms with van der Waals surface area (Å²) in [5, 5.41) is 20.3. The molecule has 2 N–H and O–H groups in total. The van der Waals surface area contributed by atoms with Gasteiger partial charge in [-0.15, -0.1) is 0 Å². The predicted octanol–water partition coefficient (Wildman–Crippen LogP) is 4.73. The minimum Gasteiger partial charge on any atom is -0.508 e. The largest absolute Gasteiger partial charge is 0.519 e. The summed E-state index contributed by atoms with van der Waals surface area (Å²) in [6, 6.07) is 11.6. The minimum atomic E-state index is -0.831. The van der Waals surface area contributed by atoms with E-state index < -0.39 is 6.16 Å². The smallest absolute Gasteiger partial charge is 0.508 e. The van der Waals surface area contributed by atoms with E-state index in [0.29, 0.717) is 17.4 Å². The first-order valence-corrected chi connectivity index (χ1v) is 9.96. The molecule has 2 aliphatic carbocycles. The van der Waals surface area contributed by atoms with Gasteiger partial charge in [-0.05, 0) is 72.7 Å². The second-order valence-corrected chi connectivity index (χ2v) is 8.19. The van der Waals surface area contributed by atoms with Gasteiger partial charge in [-0.2, -0.15) is 0 Å². The van der Waals surface area contributed by atoms with Gasteiger partial charge in [0, 0.05) is 5.41 Å². The normalized spacial score (nSPS) is 26.5. The third kappa shape index (κ3) is 3.59. The number of benzene rings is 2. The van der Waals surface area contributed by atoms with E-state index in [1.807, 2.05) is 12.1 Å². The molecule has 2 aliphatic rings. The van der Waals surface area contributed by atoms with Crippen molar-refractivity contribution in [3.05, 3.63) is 53.6 Å². The summed E-state index contributed by atoms with van der Waals surface area (Å²) in [5.74, 6) is 1.10. The summed E-state index contributed by atoms with van der Waals surface area (Å²) in [6.45, 7) is 2.13. The maximum absolute atomic E-state index is 12.1. The van der Waals surface area contributed by atoms with Crippen LogP contribution in [0.5, 0.6) is 17.2 Å². The first-order chi connectivity index (χ1) is 13.5. The van der Waals surface area contributed by atoms with Gasteiger partial charge < -0.3 is 19.7 Å². The van der Waals surface area contributed by atoms with Crippen LogP contribution < -0.4 is 9.47 Å². The van der Waals surface area contributed by atoms with Crippen LogP contribution in [0, 0.1) is 5.92 Å². The summed E-state index contributed by atoms with van der Waals surface area (Å²) in [7, 11) is 0. The molecule has 1 fully saturated rings. The van der Waals surface area contributed by atoms with E-state index in [1.165, 1.54) is 42.7 Å². The Labute approximate surface area is 164 Å². The second kappa shape index (κ2) is 7.47. The highest BCUT2D eigenvalue weighted by atomic mass is 16.7. The van der Waals surface area contributed by atoms with Gasteiger partial charge in [0.2, 0.25) is 0 Å². The van der Waals surface area contributed by atoms with Gasteiger partial charge >= 0.3 is 6.16 Å². The summed E-state index contributed by atoms with van der Waals surface area (Å²) in [6.07, 6.45) is 5.12. The Kier molecular flexibility index (Phi) is 5.02. The average Bonchev–Trinajstić information content (AvgIpc) is 2.67. The molecule has 4 rings (SSSR count). The minimum absolute atomic E-state index is 0.0970. The highest BCUT2D eigenvalue weighted by Gasteiger charge is 2.45. The molecule has 0 heterocycles. The topological polar surface area (TPSA) is 76.0 Å². The number of phenols is 1. The zero-order valence-electron chi connectivity index (χ0n) is 16.1. The highest BCUT2D eigenvalue weighted by molar-refractivity contribution is 5.67. The molecule has 1 saturated carbocycles. The standard InChI is InChI=1S/C23H26O5/c1-23-12-4-2-3-5-16(21(23)25)13-15-6-9-19(14-20(15)23)28-22(26)27-18-10-7-17(24)8-11-18/h6-11,14,16,21,24-25H,2-5,12-13H2,1H3/t16-,21-,23+/m0/s1. The van der Waals surface area contributed by atoms with Gasteiger partial charge in [0.15, 0.2) is 0 Å². The predicted molar refractivity (Wildman–Crippen MR) is 105 cm³/mol. The van der Waals surface area contributed by atoms with Crippen molar-refractivity contribution in [2.24, 2.45) is 5.92 Å². The van der Waals surface area contributed by atoms with Crippen LogP contribution in [0.15, 0.2) is 42.5 Å². The zero-order chi connectivity index (χ0) is 19.7. The fourth-order valence-corrected chi connectivity index (χ4v) is 4.75. The van der Waals surface area contributed by atoms with Crippen LogP contribution in [-0.4, -0.2) is 22.5 Å². The van der Waals surface area contributed by atoms with Crippen molar-refractivity contribution in [3.8, 4) is 17.2 Å². The lowest BCUT2D eigenvalue weighted by Gasteiger charge is -2.46. The Bertz CT molecular complexity index is 860. The van der Waals surface area contributed by atoms with Crippen molar-refractivity contribution in [2.75, 3.05) is 0 Å². The maximum atomic E-state index is 12.1. The molecule has 2 aromatic rings. The van der Waals surface area contributed by atoms with Gasteiger partial charge in [-0.3, -0.25) is 0 Å². The van der Waals surface area contributed by atoms with Gasteiger partial charge in [0.05, 0.1) is 6.10 Å². The molecule has 3 atom stereocenters. The first-order valence-electron chi connectivity index (χ1n) is 9.96. The highest BCUT2D eigenvalue weighted by Crippen LogP contribution is 2.47. The van der Waals surface area contributed by atoms with Crippen molar-refractivity contribution in [1.29, 1.82) is 0 Å². The van der Waals surface area contributed by atoms with Crippen molar-refractivity contribution in [3.63, 3.8) is 0 Å². The van der Waals surface area contributed by atoms with E-state index in [-0.39, 0.29) is 17.3 Å². The van der Waals surface area contributed by atoms with Crippen LogP contribution in [0.2, 0.25) is 0 Å². The average molecular weight is 382 g/mol. The van der Waals surface area contributed by atoms with Crippen LogP contribution in [0.1, 0.15) is 50.2 Å². The number of aliphatic hydroxyl groups is 1. The number of fused-ring (bicyclic) bond motifs is 4. The molecule has 0 unspecified atom stereocenters. The number of phenolic OH excluding ortho intramolecular Hbond substituents is 1. The van der Waals surface area contributed by atoms with Crippen molar-refractivity contribution >= 4 is 6.16 Å². The quantitative estimate of drug-likeness (QED) is 0.580. The lowest BCUT2D eigenvalue weighted by atomic mass is 9.61. The molecule has 0 saturated heterocycles. The fourth-order valence-electron chi connectivity index (χ4n) is 4.75. The van der Waals surface area contributed by atoms with Crippen LogP contribution in [-0.2, 0) is 11.8 Å². The van der Waals surface area contributed by atoms with E-state index >= 15 is 0 Å². The van der Waals surface area contributed by atoms with E-state index in [1.54, 1.807) is 6.07 Å². The third-order valence-electron chi connectivity index (χ3n) is 6.29. The van der Waals surface area contributed by atoms with Crippen LogP contribution >= 0.6 is 0 Å². The molecule has 0 aliphatic heterocycles. The fraction of sp³-hybridized carbons (Fsp3) is 0.435. The van der Waals surface area contributed by atoms with E-state index in [0.717, 1.165) is 31.2 Å². The van der Waals surface area contributed by atoms with Gasteiger partial charge in [-0.25, -0.2) is 4.79 Å². The molecule has 28 heavy (non-hydrogen) atoms. The Morgan fingerprint density at radius 1 is 1.04 bits per heavy atom. The molecular weight excluding hydrogens is 356 g/mol. The SMILES string of the molecule is C[C@@]12CCCCC[C@@H](Cc3ccc(OC(=O)Oc4ccc(O)cc4)cc31)[C@@H]2O. The van der Waals surface area contributed by atoms with Gasteiger partial charge in [0.1, 0.15) is 17.2 Å². The van der Waals surface area contributed by atoms with Crippen molar-refractivity contribution in [2.45, 2.75) is 57.0 Å². The molecule has 5 heteroatoms. The number of hydrogen-bond donors (Lipinski definition) is 2. The number of ether oxygens (including phenoxy) is 2. The number of aromatic hydroxyl groups is 1. The second-order valence-electron chi connectivity index (χ2n) is 8.19. The Morgan fingerprint density at radius 3 is 2.54 bits per heavy atom. The van der Waals surface area contributed by atoms with Gasteiger partial charge in [-0.1, -0.05) is 32.3 Å². The maximum Gasteiger partial charge on any atom is 0.519 e. The molecule has 0 spiro atoms. The molecule has 2 bridgehead atoms. The molecule has 5 nitrogen and oxygen atoms in total. The lowest BCUT2D eigenvalue weighted by Crippen LogP contribution is -2.47. The Balaban J connectivity index is 1.55. The number of hydrogen-bond acceptors (Lipinski definition) is 5. The lowest BCUT2D eigenvalue weighted by molar-refractivity contribution is 0.00884. The van der Waals surface area contributed by atoms with E-state index in [2.05, 4.69) is 6.92 Å². The summed E-state index contributed by atoms with van der Waals surface area (Å²) >= 11 is 0. The Hall–Kier alpha value is -2.53. The monoisotopic (exact) mass is 382 g/mol. The summed E-state index contributed by atoms with van der Waals surface area (Å²) in [5.41, 5.74) is 1.99. The number of carbonyl (C=O) groups excluding carboxylic acids is 1. The molecule has 0 aromatic heterocycles. The van der Waals surface area contributed by atoms with Crippen LogP contribution in [0.4, 0.5) is 4.79 Å². The number of rotatable bonds is 2. The molecular formula is C23H26O5. The summed E-state index contributed by atoms with van der Waals surface area (Å²) < 4.78 is 10.5. The number of aliphatic hydroxyl groups excluding tert-OH is 1. The van der Waals surface area contributed by atoms with Crippen LogP contribution in [0.25, 0.3) is 0 Å². The molecule has 2 aromatic carbocycles. The van der Waals surface area contributed by atoms with Crippen molar-refractivity contribution < 1.29 is 24.5 Å².